The Morgan fingerprint density at radius 3 is 2.54 bits per heavy atom. The monoisotopic (exact) mass is 555 g/mol. The normalized spacial score (nSPS) is 13.6. The Kier molecular flexibility index (Phi) is 7.00. The van der Waals surface area contributed by atoms with Crippen molar-refractivity contribution >= 4 is 37.6 Å². The molecule has 2 aromatic carbocycles. The van der Waals surface area contributed by atoms with E-state index in [2.05, 4.69) is 14.4 Å². The number of aryl methyl sites for hydroxylation is 1. The van der Waals surface area contributed by atoms with E-state index in [1.807, 2.05) is 0 Å². The van der Waals surface area contributed by atoms with Crippen molar-refractivity contribution in [2.75, 3.05) is 12.4 Å². The fourth-order valence-corrected chi connectivity index (χ4v) is 6.45. The third kappa shape index (κ3) is 5.43. The van der Waals surface area contributed by atoms with E-state index in [1.54, 1.807) is 65.2 Å². The number of aromatic nitrogens is 4. The molecule has 0 unspecified atom stereocenters. The number of hydrogen-bond donors (Lipinski definition) is 1. The zero-order valence-corrected chi connectivity index (χ0v) is 21.6. The molecule has 3 aromatic heterocycles. The third-order valence-electron chi connectivity index (χ3n) is 6.23. The number of carbonyl (C=O) groups excluding carboxylic acids is 1. The van der Waals surface area contributed by atoms with Crippen molar-refractivity contribution in [1.29, 1.82) is 0 Å². The zero-order chi connectivity index (χ0) is 27.8. The number of hydrogen-bond acceptors (Lipinski definition) is 5. The van der Waals surface area contributed by atoms with Gasteiger partial charge in [0.1, 0.15) is 0 Å². The molecule has 12 heteroatoms. The van der Waals surface area contributed by atoms with Crippen LogP contribution in [0.15, 0.2) is 77.6 Å². The number of alkyl halides is 3. The Bertz CT molecular complexity index is 1790. The largest absolute Gasteiger partial charge is 0.416 e. The van der Waals surface area contributed by atoms with Crippen LogP contribution >= 0.6 is 0 Å². The van der Waals surface area contributed by atoms with Gasteiger partial charge in [0, 0.05) is 60.0 Å². The summed E-state index contributed by atoms with van der Waals surface area (Å²) < 4.78 is 60.4. The van der Waals surface area contributed by atoms with Gasteiger partial charge in [0.25, 0.3) is 5.91 Å². The highest BCUT2D eigenvalue weighted by atomic mass is 32.2. The number of fused-ring (bicyclic) bond motifs is 3. The van der Waals surface area contributed by atoms with Gasteiger partial charge in [-0.1, -0.05) is 6.07 Å². The number of amides is 1. The predicted molar refractivity (Wildman–Crippen MR) is 142 cm³/mol. The molecular formula is C27H24F3N5O3S. The van der Waals surface area contributed by atoms with Gasteiger partial charge in [0.05, 0.1) is 26.6 Å². The highest BCUT2D eigenvalue weighted by Gasteiger charge is 2.30. The van der Waals surface area contributed by atoms with Crippen LogP contribution in [0.25, 0.3) is 27.6 Å². The van der Waals surface area contributed by atoms with E-state index in [0.717, 1.165) is 12.1 Å². The molecule has 8 nitrogen and oxygen atoms in total. The van der Waals surface area contributed by atoms with Gasteiger partial charge >= 0.3 is 6.18 Å². The van der Waals surface area contributed by atoms with Crippen molar-refractivity contribution in [3.63, 3.8) is 0 Å². The summed E-state index contributed by atoms with van der Waals surface area (Å²) in [5.74, 6) is -0.599. The molecule has 5 aromatic rings. The van der Waals surface area contributed by atoms with Crippen LogP contribution < -0.4 is 0 Å². The van der Waals surface area contributed by atoms with E-state index in [-0.39, 0.29) is 30.1 Å². The van der Waals surface area contributed by atoms with E-state index < -0.39 is 27.4 Å². The van der Waals surface area contributed by atoms with Crippen LogP contribution in [0.2, 0.25) is 0 Å². The fourth-order valence-electron chi connectivity index (χ4n) is 4.47. The van der Waals surface area contributed by atoms with E-state index in [9.17, 15) is 27.3 Å². The molecule has 1 N–H and O–H groups in total. The summed E-state index contributed by atoms with van der Waals surface area (Å²) in [6.45, 7) is -0.184. The summed E-state index contributed by atoms with van der Waals surface area (Å²) in [6, 6.07) is 13.1. The second-order valence-electron chi connectivity index (χ2n) is 9.11. The van der Waals surface area contributed by atoms with Gasteiger partial charge in [0.2, 0.25) is 0 Å². The van der Waals surface area contributed by atoms with E-state index in [0.29, 0.717) is 33.2 Å². The molecule has 0 spiro atoms. The first-order valence-electron chi connectivity index (χ1n) is 12.0. The zero-order valence-electron chi connectivity index (χ0n) is 20.8. The number of carbonyl (C=O) groups is 1. The van der Waals surface area contributed by atoms with Gasteiger partial charge in [-0.3, -0.25) is 19.0 Å². The van der Waals surface area contributed by atoms with Crippen molar-refractivity contribution in [3.05, 3.63) is 89.9 Å². The SMILES string of the molecule is Cn1cc2c3cc(C(=O)N=[S@@](=O)(CCCO)Cc4cccnc4)ccc3n(-c3ccc(C(F)(F)F)cc3)c2n1. The molecule has 0 saturated heterocycles. The first-order valence-corrected chi connectivity index (χ1v) is 13.9. The molecular weight excluding hydrogens is 531 g/mol. The molecule has 0 saturated carbocycles. The van der Waals surface area contributed by atoms with Gasteiger partial charge in [-0.2, -0.15) is 22.6 Å². The van der Waals surface area contributed by atoms with Gasteiger partial charge < -0.3 is 5.11 Å². The molecule has 3 heterocycles. The molecule has 0 aliphatic heterocycles. The number of nitrogens with zero attached hydrogens (tertiary/aromatic N) is 5. The first-order chi connectivity index (χ1) is 18.6. The lowest BCUT2D eigenvalue weighted by Gasteiger charge is -2.11. The van der Waals surface area contributed by atoms with Crippen LogP contribution in [-0.2, 0) is 28.7 Å². The van der Waals surface area contributed by atoms with E-state index in [4.69, 9.17) is 0 Å². The van der Waals surface area contributed by atoms with Crippen molar-refractivity contribution < 1.29 is 27.3 Å². The van der Waals surface area contributed by atoms with Gasteiger partial charge in [0.15, 0.2) is 5.65 Å². The fraction of sp³-hybridized carbons (Fsp3) is 0.222. The van der Waals surface area contributed by atoms with Crippen molar-refractivity contribution in [2.45, 2.75) is 18.3 Å². The smallest absolute Gasteiger partial charge is 0.396 e. The number of rotatable bonds is 7. The van der Waals surface area contributed by atoms with Crippen molar-refractivity contribution in [3.8, 4) is 5.69 Å². The molecule has 1 atom stereocenters. The maximum Gasteiger partial charge on any atom is 0.416 e. The molecule has 0 aliphatic carbocycles. The summed E-state index contributed by atoms with van der Waals surface area (Å²) in [7, 11) is -1.31. The minimum Gasteiger partial charge on any atom is -0.396 e. The standard InChI is InChI=1S/C27H24F3N5O3S/c1-34-16-23-22-14-19(26(37)33-39(38,13-3-12-36)17-18-4-2-11-31-15-18)5-10-24(22)35(25(23)32-34)21-8-6-20(7-9-21)27(28,29)30/h2,4-11,14-16,36H,3,12-13,17H2,1H3/t39-/m1/s1. The lowest BCUT2D eigenvalue weighted by molar-refractivity contribution is -0.137. The van der Waals surface area contributed by atoms with Crippen LogP contribution in [-0.4, -0.2) is 46.9 Å². The molecule has 0 bridgehead atoms. The molecule has 0 aliphatic rings. The number of aliphatic hydroxyl groups is 1. The van der Waals surface area contributed by atoms with Gasteiger partial charge in [-0.05, 0) is 60.5 Å². The average molecular weight is 556 g/mol. The van der Waals surface area contributed by atoms with Gasteiger partial charge in [-0.15, -0.1) is 0 Å². The molecule has 39 heavy (non-hydrogen) atoms. The van der Waals surface area contributed by atoms with Crippen LogP contribution in [0.5, 0.6) is 0 Å². The van der Waals surface area contributed by atoms with E-state index >= 15 is 0 Å². The molecule has 0 radical (unpaired) electrons. The second kappa shape index (κ2) is 10.3. The van der Waals surface area contributed by atoms with E-state index in [1.165, 1.54) is 12.1 Å². The first kappa shape index (κ1) is 26.6. The van der Waals surface area contributed by atoms with Crippen molar-refractivity contribution in [1.82, 2.24) is 19.3 Å². The summed E-state index contributed by atoms with van der Waals surface area (Å²) in [4.78, 5) is 17.3. The highest BCUT2D eigenvalue weighted by molar-refractivity contribution is 7.93. The topological polar surface area (TPSA) is 102 Å². The summed E-state index contributed by atoms with van der Waals surface area (Å²) in [5, 5.41) is 15.1. The average Bonchev–Trinajstić information content (AvgIpc) is 3.42. The Morgan fingerprint density at radius 1 is 1.10 bits per heavy atom. The minimum atomic E-state index is -4.46. The minimum absolute atomic E-state index is 0.0198. The molecule has 202 valence electrons. The Hall–Kier alpha value is -4.03. The van der Waals surface area contributed by atoms with Crippen LogP contribution in [0.3, 0.4) is 0 Å². The Balaban J connectivity index is 1.58. The van der Waals surface area contributed by atoms with Crippen molar-refractivity contribution in [2.24, 2.45) is 11.4 Å². The predicted octanol–water partition coefficient (Wildman–Crippen LogP) is 5.12. The lowest BCUT2D eigenvalue weighted by Crippen LogP contribution is -2.13. The summed E-state index contributed by atoms with van der Waals surface area (Å²) in [5.41, 5.74) is 1.75. The maximum atomic E-state index is 13.6. The molecule has 0 fully saturated rings. The van der Waals surface area contributed by atoms with Crippen LogP contribution in [0.4, 0.5) is 13.2 Å². The number of aliphatic hydroxyl groups excluding tert-OH is 1. The van der Waals surface area contributed by atoms with Crippen LogP contribution in [0.1, 0.15) is 27.9 Å². The molecule has 1 amide bonds. The summed E-state index contributed by atoms with van der Waals surface area (Å²) >= 11 is 0. The molecule has 5 rings (SSSR count). The van der Waals surface area contributed by atoms with Crippen LogP contribution in [0, 0.1) is 0 Å². The number of halogens is 3. The Morgan fingerprint density at radius 2 is 1.87 bits per heavy atom. The summed E-state index contributed by atoms with van der Waals surface area (Å²) in [6.07, 6.45) is 0.682. The second-order valence-corrected chi connectivity index (χ2v) is 11.5. The van der Waals surface area contributed by atoms with Gasteiger partial charge in [-0.25, -0.2) is 4.21 Å². The number of benzene rings is 2. The quantitative estimate of drug-likeness (QED) is 0.300. The lowest BCUT2D eigenvalue weighted by atomic mass is 10.1. The number of pyridine rings is 1. The maximum absolute atomic E-state index is 13.6. The Labute approximate surface area is 221 Å². The third-order valence-corrected chi connectivity index (χ3v) is 8.44. The highest BCUT2D eigenvalue weighted by Crippen LogP contribution is 2.34.